The molecule has 6 nitrogen and oxygen atoms in total. The Balaban J connectivity index is 1.43. The van der Waals surface area contributed by atoms with Gasteiger partial charge in [-0.15, -0.1) is 0 Å². The van der Waals surface area contributed by atoms with Crippen molar-refractivity contribution in [3.8, 4) is 0 Å². The largest absolute Gasteiger partial charge is 0.481 e. The number of nitrogens with zero attached hydrogens (tertiary/aromatic N) is 1. The fraction of sp³-hybridized carbons (Fsp3) is 0.857. The number of aliphatic carboxylic acids is 1. The van der Waals surface area contributed by atoms with Crippen LogP contribution in [0.5, 0.6) is 0 Å². The molecule has 4 fully saturated rings. The summed E-state index contributed by atoms with van der Waals surface area (Å²) >= 11 is 0. The Bertz CT molecular complexity index is 454. The van der Waals surface area contributed by atoms with Crippen molar-refractivity contribution in [3.05, 3.63) is 0 Å². The molecule has 110 valence electrons. The maximum atomic E-state index is 12.5. The van der Waals surface area contributed by atoms with E-state index < -0.39 is 5.97 Å². The van der Waals surface area contributed by atoms with E-state index in [4.69, 9.17) is 4.74 Å². The van der Waals surface area contributed by atoms with E-state index in [1.165, 1.54) is 0 Å². The number of urea groups is 1. The molecule has 2 N–H and O–H groups in total. The molecule has 4 bridgehead atoms. The number of carboxylic acids is 1. The zero-order valence-corrected chi connectivity index (χ0v) is 11.3. The van der Waals surface area contributed by atoms with E-state index >= 15 is 0 Å². The maximum Gasteiger partial charge on any atom is 0.318 e. The second kappa shape index (κ2) is 4.35. The lowest BCUT2D eigenvalue weighted by Crippen LogP contribution is -2.50. The lowest BCUT2D eigenvalue weighted by atomic mass is 9.89. The van der Waals surface area contributed by atoms with Crippen molar-refractivity contribution in [2.45, 2.75) is 68.9 Å². The number of rotatable bonds is 2. The standard InChI is InChI=1S/C14H20N2O4/c17-13(18)9-5-7-1-3-11(9)16(7)14(19)15-10-6-8-2-4-12(10)20-8/h7-12H,1-6H2,(H,15,19)(H,17,18). The zero-order chi connectivity index (χ0) is 13.9. The fourth-order valence-corrected chi connectivity index (χ4v) is 4.59. The predicted molar refractivity (Wildman–Crippen MR) is 69.2 cm³/mol. The van der Waals surface area contributed by atoms with Crippen molar-refractivity contribution in [2.24, 2.45) is 5.92 Å². The molecule has 4 heterocycles. The number of carboxylic acid groups (broad SMARTS) is 1. The molecule has 6 heteroatoms. The highest BCUT2D eigenvalue weighted by Crippen LogP contribution is 2.42. The molecule has 0 aromatic carbocycles. The third-order valence-corrected chi connectivity index (χ3v) is 5.50. The normalized spacial score (nSPS) is 45.1. The molecule has 20 heavy (non-hydrogen) atoms. The third kappa shape index (κ3) is 1.74. The highest BCUT2D eigenvalue weighted by Gasteiger charge is 2.52. The molecule has 2 amide bonds. The summed E-state index contributed by atoms with van der Waals surface area (Å²) in [5, 5.41) is 12.3. The van der Waals surface area contributed by atoms with Gasteiger partial charge in [0.05, 0.1) is 24.2 Å². The molecule has 6 unspecified atom stereocenters. The van der Waals surface area contributed by atoms with Crippen LogP contribution >= 0.6 is 0 Å². The number of fused-ring (bicyclic) bond motifs is 4. The minimum atomic E-state index is -0.766. The van der Waals surface area contributed by atoms with Gasteiger partial charge in [-0.1, -0.05) is 0 Å². The van der Waals surface area contributed by atoms with Gasteiger partial charge in [-0.25, -0.2) is 4.79 Å². The average molecular weight is 280 g/mol. The molecule has 0 aliphatic carbocycles. The molecular weight excluding hydrogens is 260 g/mol. The van der Waals surface area contributed by atoms with Gasteiger partial charge in [0.25, 0.3) is 0 Å². The molecule has 6 atom stereocenters. The topological polar surface area (TPSA) is 78.9 Å². The minimum absolute atomic E-state index is 0.0811. The quantitative estimate of drug-likeness (QED) is 0.789. The SMILES string of the molecule is O=C(O)C1CC2CCC1N2C(=O)NC1CC2CCC1O2. The Morgan fingerprint density at radius 1 is 1.15 bits per heavy atom. The number of ether oxygens (including phenoxy) is 1. The lowest BCUT2D eigenvalue weighted by molar-refractivity contribution is -0.142. The van der Waals surface area contributed by atoms with Crippen LogP contribution in [0.3, 0.4) is 0 Å². The molecule has 0 spiro atoms. The van der Waals surface area contributed by atoms with Crippen LogP contribution in [-0.4, -0.2) is 52.3 Å². The molecule has 4 rings (SSSR count). The van der Waals surface area contributed by atoms with E-state index in [2.05, 4.69) is 5.32 Å². The van der Waals surface area contributed by atoms with E-state index in [1.807, 2.05) is 0 Å². The average Bonchev–Trinajstić information content (AvgIpc) is 3.17. The van der Waals surface area contributed by atoms with E-state index in [-0.39, 0.29) is 36.2 Å². The summed E-state index contributed by atoms with van der Waals surface area (Å²) in [6.45, 7) is 0. The van der Waals surface area contributed by atoms with E-state index in [9.17, 15) is 14.7 Å². The van der Waals surface area contributed by atoms with Gasteiger partial charge in [0.1, 0.15) is 0 Å². The highest BCUT2D eigenvalue weighted by atomic mass is 16.5. The Morgan fingerprint density at radius 2 is 2.00 bits per heavy atom. The predicted octanol–water partition coefficient (Wildman–Crippen LogP) is 0.953. The molecule has 4 aliphatic heterocycles. The number of hydrogen-bond acceptors (Lipinski definition) is 3. The first kappa shape index (κ1) is 12.4. The van der Waals surface area contributed by atoms with Crippen LogP contribution in [0.25, 0.3) is 0 Å². The molecule has 4 aliphatic rings. The molecular formula is C14H20N2O4. The van der Waals surface area contributed by atoms with Gasteiger partial charge in [-0.05, 0) is 38.5 Å². The number of carbonyl (C=O) groups excluding carboxylic acids is 1. The van der Waals surface area contributed by atoms with Gasteiger partial charge in [-0.2, -0.15) is 0 Å². The lowest BCUT2D eigenvalue weighted by Gasteiger charge is -2.27. The Morgan fingerprint density at radius 3 is 2.60 bits per heavy atom. The first-order chi connectivity index (χ1) is 9.63. The smallest absolute Gasteiger partial charge is 0.318 e. The highest BCUT2D eigenvalue weighted by molar-refractivity contribution is 5.79. The summed E-state index contributed by atoms with van der Waals surface area (Å²) < 4.78 is 5.75. The number of carbonyl (C=O) groups is 2. The molecule has 0 aromatic rings. The van der Waals surface area contributed by atoms with Crippen molar-refractivity contribution in [2.75, 3.05) is 0 Å². The van der Waals surface area contributed by atoms with Crippen LogP contribution < -0.4 is 5.32 Å². The van der Waals surface area contributed by atoms with Gasteiger partial charge in [0.2, 0.25) is 0 Å². The van der Waals surface area contributed by atoms with Gasteiger partial charge in [0.15, 0.2) is 0 Å². The van der Waals surface area contributed by atoms with E-state index in [0.717, 1.165) is 32.1 Å². The van der Waals surface area contributed by atoms with Crippen molar-refractivity contribution < 1.29 is 19.4 Å². The first-order valence-electron chi connectivity index (χ1n) is 7.60. The van der Waals surface area contributed by atoms with Gasteiger partial charge in [0, 0.05) is 12.1 Å². The summed E-state index contributed by atoms with van der Waals surface area (Å²) in [6.07, 6.45) is 5.89. The minimum Gasteiger partial charge on any atom is -0.481 e. The van der Waals surface area contributed by atoms with Gasteiger partial charge < -0.3 is 20.1 Å². The van der Waals surface area contributed by atoms with Crippen molar-refractivity contribution in [3.63, 3.8) is 0 Å². The number of hydrogen-bond donors (Lipinski definition) is 2. The monoisotopic (exact) mass is 280 g/mol. The van der Waals surface area contributed by atoms with Crippen LogP contribution in [0.4, 0.5) is 4.79 Å². The summed E-state index contributed by atoms with van der Waals surface area (Å²) in [5.74, 6) is -1.14. The van der Waals surface area contributed by atoms with E-state index in [1.54, 1.807) is 4.90 Å². The molecule has 0 radical (unpaired) electrons. The van der Waals surface area contributed by atoms with Crippen molar-refractivity contribution >= 4 is 12.0 Å². The number of nitrogens with one attached hydrogen (secondary N) is 1. The molecule has 0 saturated carbocycles. The number of amides is 2. The van der Waals surface area contributed by atoms with Crippen LogP contribution in [0, 0.1) is 5.92 Å². The van der Waals surface area contributed by atoms with Crippen LogP contribution in [-0.2, 0) is 9.53 Å². The van der Waals surface area contributed by atoms with Crippen LogP contribution in [0.2, 0.25) is 0 Å². The Hall–Kier alpha value is -1.30. The molecule has 4 saturated heterocycles. The van der Waals surface area contributed by atoms with Gasteiger partial charge >= 0.3 is 12.0 Å². The van der Waals surface area contributed by atoms with Crippen molar-refractivity contribution in [1.29, 1.82) is 0 Å². The first-order valence-corrected chi connectivity index (χ1v) is 7.60. The summed E-state index contributed by atoms with van der Waals surface area (Å²) in [4.78, 5) is 25.5. The van der Waals surface area contributed by atoms with E-state index in [0.29, 0.717) is 12.5 Å². The Kier molecular flexibility index (Phi) is 2.70. The van der Waals surface area contributed by atoms with Crippen molar-refractivity contribution in [1.82, 2.24) is 10.2 Å². The molecule has 0 aromatic heterocycles. The van der Waals surface area contributed by atoms with Crippen LogP contribution in [0.1, 0.15) is 38.5 Å². The maximum absolute atomic E-state index is 12.5. The summed E-state index contributed by atoms with van der Waals surface area (Å²) in [5.41, 5.74) is 0. The Labute approximate surface area is 117 Å². The summed E-state index contributed by atoms with van der Waals surface area (Å²) in [6, 6.07) is 0.0320. The zero-order valence-electron chi connectivity index (χ0n) is 11.3. The second-order valence-electron chi connectivity index (χ2n) is 6.55. The summed E-state index contributed by atoms with van der Waals surface area (Å²) in [7, 11) is 0. The van der Waals surface area contributed by atoms with Crippen LogP contribution in [0.15, 0.2) is 0 Å². The second-order valence-corrected chi connectivity index (χ2v) is 6.55. The fourth-order valence-electron chi connectivity index (χ4n) is 4.59. The van der Waals surface area contributed by atoms with Gasteiger partial charge in [-0.3, -0.25) is 4.79 Å². The third-order valence-electron chi connectivity index (χ3n) is 5.50.